The predicted molar refractivity (Wildman–Crippen MR) is 60.9 cm³/mol. The first-order valence-electron chi connectivity index (χ1n) is 5.13. The zero-order chi connectivity index (χ0) is 9.97. The van der Waals surface area contributed by atoms with Gasteiger partial charge in [-0.25, -0.2) is 4.98 Å². The molecular formula is C10H17N3S. The molecule has 78 valence electrons. The highest BCUT2D eigenvalue weighted by molar-refractivity contribution is 7.13. The topological polar surface area (TPSA) is 28.2 Å². The van der Waals surface area contributed by atoms with Gasteiger partial charge in [0.15, 0.2) is 5.13 Å². The van der Waals surface area contributed by atoms with Gasteiger partial charge in [0.2, 0.25) is 0 Å². The smallest absolute Gasteiger partial charge is 0.185 e. The molecule has 14 heavy (non-hydrogen) atoms. The third-order valence-electron chi connectivity index (χ3n) is 2.82. The maximum atomic E-state index is 4.58. The van der Waals surface area contributed by atoms with Gasteiger partial charge in [-0.1, -0.05) is 0 Å². The van der Waals surface area contributed by atoms with Gasteiger partial charge in [-0.15, -0.1) is 11.3 Å². The summed E-state index contributed by atoms with van der Waals surface area (Å²) in [4.78, 5) is 6.91. The van der Waals surface area contributed by atoms with E-state index in [-0.39, 0.29) is 0 Å². The monoisotopic (exact) mass is 211 g/mol. The number of thiazole rings is 1. The molecule has 0 radical (unpaired) electrons. The van der Waals surface area contributed by atoms with Crippen molar-refractivity contribution in [1.82, 2.24) is 10.3 Å². The van der Waals surface area contributed by atoms with Gasteiger partial charge in [0.25, 0.3) is 0 Å². The van der Waals surface area contributed by atoms with Gasteiger partial charge in [-0.3, -0.25) is 0 Å². The Kier molecular flexibility index (Phi) is 3.03. The Balaban J connectivity index is 2.00. The van der Waals surface area contributed by atoms with Crippen LogP contribution in [0.15, 0.2) is 5.38 Å². The van der Waals surface area contributed by atoms with E-state index < -0.39 is 0 Å². The Morgan fingerprint density at radius 1 is 1.64 bits per heavy atom. The lowest BCUT2D eigenvalue weighted by Crippen LogP contribution is -2.37. The van der Waals surface area contributed by atoms with E-state index in [0.717, 1.165) is 18.3 Å². The van der Waals surface area contributed by atoms with Crippen LogP contribution in [0.25, 0.3) is 0 Å². The van der Waals surface area contributed by atoms with Crippen LogP contribution in [0, 0.1) is 0 Å². The first-order chi connectivity index (χ1) is 6.81. The Bertz CT molecular complexity index is 293. The minimum absolute atomic E-state index is 0.739. The second-order valence-corrected chi connectivity index (χ2v) is 4.68. The average molecular weight is 211 g/mol. The van der Waals surface area contributed by atoms with E-state index >= 15 is 0 Å². The van der Waals surface area contributed by atoms with Crippen molar-refractivity contribution in [1.29, 1.82) is 0 Å². The van der Waals surface area contributed by atoms with E-state index in [9.17, 15) is 0 Å². The van der Waals surface area contributed by atoms with Crippen LogP contribution >= 0.6 is 11.3 Å². The quantitative estimate of drug-likeness (QED) is 0.824. The normalized spacial score (nSPS) is 16.7. The molecule has 1 fully saturated rings. The maximum Gasteiger partial charge on any atom is 0.185 e. The van der Waals surface area contributed by atoms with Crippen molar-refractivity contribution < 1.29 is 0 Å². The third kappa shape index (κ3) is 1.91. The zero-order valence-corrected chi connectivity index (χ0v) is 9.60. The summed E-state index contributed by atoms with van der Waals surface area (Å²) in [7, 11) is 4.11. The summed E-state index contributed by atoms with van der Waals surface area (Å²) in [6.45, 7) is 0.870. The molecule has 1 saturated carbocycles. The van der Waals surface area contributed by atoms with Gasteiger partial charge < -0.3 is 10.2 Å². The fourth-order valence-electron chi connectivity index (χ4n) is 1.65. The maximum absolute atomic E-state index is 4.58. The van der Waals surface area contributed by atoms with E-state index in [2.05, 4.69) is 27.6 Å². The average Bonchev–Trinajstić information content (AvgIpc) is 2.50. The Hall–Kier alpha value is -0.610. The number of anilines is 1. The Labute approximate surface area is 89.1 Å². The van der Waals surface area contributed by atoms with Crippen molar-refractivity contribution in [3.8, 4) is 0 Å². The van der Waals surface area contributed by atoms with Crippen LogP contribution in [0.5, 0.6) is 0 Å². The highest BCUT2D eigenvalue weighted by atomic mass is 32.1. The molecule has 4 heteroatoms. The lowest BCUT2D eigenvalue weighted by molar-refractivity contribution is 0.401. The van der Waals surface area contributed by atoms with Crippen LogP contribution in [0.1, 0.15) is 25.0 Å². The molecule has 1 aliphatic rings. The van der Waals surface area contributed by atoms with Crippen molar-refractivity contribution in [2.75, 3.05) is 19.0 Å². The summed E-state index contributed by atoms with van der Waals surface area (Å²) in [5, 5.41) is 6.43. The van der Waals surface area contributed by atoms with Crippen molar-refractivity contribution >= 4 is 16.5 Å². The fourth-order valence-corrected chi connectivity index (χ4v) is 2.51. The molecule has 0 amide bonds. The van der Waals surface area contributed by atoms with Crippen LogP contribution in [0.2, 0.25) is 0 Å². The summed E-state index contributed by atoms with van der Waals surface area (Å²) < 4.78 is 0. The molecule has 0 spiro atoms. The van der Waals surface area contributed by atoms with Crippen molar-refractivity contribution in [3.63, 3.8) is 0 Å². The number of hydrogen-bond donors (Lipinski definition) is 1. The number of rotatable bonds is 4. The largest absolute Gasteiger partial charge is 0.348 e. The molecule has 2 rings (SSSR count). The van der Waals surface area contributed by atoms with Gasteiger partial charge in [0.1, 0.15) is 0 Å². The molecule has 1 aromatic rings. The molecule has 3 nitrogen and oxygen atoms in total. The second kappa shape index (κ2) is 4.28. The highest BCUT2D eigenvalue weighted by Crippen LogP contribution is 2.29. The summed E-state index contributed by atoms with van der Waals surface area (Å²) in [6, 6.07) is 0.739. The summed E-state index contributed by atoms with van der Waals surface area (Å²) >= 11 is 1.75. The summed E-state index contributed by atoms with van der Waals surface area (Å²) in [5.74, 6) is 0. The fraction of sp³-hybridized carbons (Fsp3) is 0.700. The molecule has 1 N–H and O–H groups in total. The van der Waals surface area contributed by atoms with Crippen LogP contribution in [-0.2, 0) is 6.54 Å². The lowest BCUT2D eigenvalue weighted by Gasteiger charge is -2.34. The van der Waals surface area contributed by atoms with E-state index in [1.807, 2.05) is 7.05 Å². The molecule has 0 aromatic carbocycles. The Morgan fingerprint density at radius 2 is 2.43 bits per heavy atom. The molecule has 0 aliphatic heterocycles. The lowest BCUT2D eigenvalue weighted by atomic mass is 9.92. The van der Waals surface area contributed by atoms with E-state index in [4.69, 9.17) is 0 Å². The molecule has 1 heterocycles. The molecule has 1 aromatic heterocycles. The zero-order valence-electron chi connectivity index (χ0n) is 8.79. The Morgan fingerprint density at radius 3 is 3.00 bits per heavy atom. The predicted octanol–water partition coefficient (Wildman–Crippen LogP) is 1.85. The van der Waals surface area contributed by atoms with Gasteiger partial charge in [-0.05, 0) is 26.3 Å². The van der Waals surface area contributed by atoms with Crippen molar-refractivity contribution in [3.05, 3.63) is 11.1 Å². The third-order valence-corrected chi connectivity index (χ3v) is 3.80. The van der Waals surface area contributed by atoms with Crippen LogP contribution in [0.4, 0.5) is 5.13 Å². The molecule has 0 bridgehead atoms. The summed E-state index contributed by atoms with van der Waals surface area (Å²) in [5.41, 5.74) is 1.15. The minimum Gasteiger partial charge on any atom is -0.348 e. The minimum atomic E-state index is 0.739. The van der Waals surface area contributed by atoms with Gasteiger partial charge in [0.05, 0.1) is 5.69 Å². The first kappa shape index (κ1) is 9.93. The van der Waals surface area contributed by atoms with Crippen LogP contribution in [-0.4, -0.2) is 25.1 Å². The van der Waals surface area contributed by atoms with Crippen molar-refractivity contribution in [2.45, 2.75) is 31.8 Å². The van der Waals surface area contributed by atoms with Crippen molar-refractivity contribution in [2.24, 2.45) is 0 Å². The highest BCUT2D eigenvalue weighted by Gasteiger charge is 2.23. The molecule has 0 saturated heterocycles. The second-order valence-electron chi connectivity index (χ2n) is 3.85. The van der Waals surface area contributed by atoms with Gasteiger partial charge in [0, 0.05) is 25.0 Å². The number of nitrogens with one attached hydrogen (secondary N) is 1. The number of nitrogens with zero attached hydrogens (tertiary/aromatic N) is 2. The van der Waals surface area contributed by atoms with Crippen LogP contribution < -0.4 is 10.2 Å². The van der Waals surface area contributed by atoms with E-state index in [0.29, 0.717) is 0 Å². The number of hydrogen-bond acceptors (Lipinski definition) is 4. The van der Waals surface area contributed by atoms with E-state index in [1.54, 1.807) is 11.3 Å². The van der Waals surface area contributed by atoms with Crippen LogP contribution in [0.3, 0.4) is 0 Å². The van der Waals surface area contributed by atoms with E-state index in [1.165, 1.54) is 24.4 Å². The van der Waals surface area contributed by atoms with Gasteiger partial charge in [-0.2, -0.15) is 0 Å². The number of aromatic nitrogens is 1. The molecular weight excluding hydrogens is 194 g/mol. The first-order valence-corrected chi connectivity index (χ1v) is 6.01. The summed E-state index contributed by atoms with van der Waals surface area (Å²) in [6.07, 6.45) is 4.04. The molecule has 0 atom stereocenters. The SMILES string of the molecule is CNCc1csc(N(C)C2CCC2)n1. The molecule has 0 unspecified atom stereocenters. The standard InChI is InChI=1S/C10H17N3S/c1-11-6-8-7-14-10(12-8)13(2)9-4-3-5-9/h7,9,11H,3-6H2,1-2H3. The van der Waals surface area contributed by atoms with Gasteiger partial charge >= 0.3 is 0 Å². The molecule has 1 aliphatic carbocycles.